The van der Waals surface area contributed by atoms with Gasteiger partial charge < -0.3 is 20.9 Å². The monoisotopic (exact) mass is 456 g/mol. The van der Waals surface area contributed by atoms with E-state index in [1.165, 1.54) is 0 Å². The summed E-state index contributed by atoms with van der Waals surface area (Å²) in [5.74, 6) is 3.18. The van der Waals surface area contributed by atoms with Crippen LogP contribution in [0.15, 0.2) is 94.7 Å². The highest BCUT2D eigenvalue weighted by Gasteiger charge is 2.05. The summed E-state index contributed by atoms with van der Waals surface area (Å²) in [4.78, 5) is 2.27. The zero-order valence-corrected chi connectivity index (χ0v) is 19.7. The number of nitrogen functional groups attached to an aromatic ring is 2. The first-order valence-electron chi connectivity index (χ1n) is 11.0. The molecule has 0 fully saturated rings. The standard InChI is InChI=1S/C28H28N2O2S/c1-3-19-17-23(9-15-27(19)29)31-21-5-11-25(12-6-21)33-26-13-7-22(8-14-26)32-24-10-16-28(30)20(4-2)18-24/h5-18H,3-4,29-30H2,1-2H3. The fourth-order valence-electron chi connectivity index (χ4n) is 3.46. The van der Waals surface area contributed by atoms with E-state index >= 15 is 0 Å². The molecule has 168 valence electrons. The summed E-state index contributed by atoms with van der Waals surface area (Å²) in [6.07, 6.45) is 1.75. The molecule has 0 atom stereocenters. The van der Waals surface area contributed by atoms with Crippen LogP contribution in [0.25, 0.3) is 0 Å². The van der Waals surface area contributed by atoms with Gasteiger partial charge in [0.05, 0.1) is 0 Å². The first-order valence-corrected chi connectivity index (χ1v) is 11.9. The summed E-state index contributed by atoms with van der Waals surface area (Å²) in [5, 5.41) is 0. The van der Waals surface area contributed by atoms with Crippen molar-refractivity contribution in [2.24, 2.45) is 0 Å². The van der Waals surface area contributed by atoms with E-state index in [0.717, 1.165) is 68.1 Å². The minimum absolute atomic E-state index is 0.796. The smallest absolute Gasteiger partial charge is 0.127 e. The largest absolute Gasteiger partial charge is 0.457 e. The van der Waals surface area contributed by atoms with E-state index < -0.39 is 0 Å². The lowest BCUT2D eigenvalue weighted by Gasteiger charge is -2.10. The summed E-state index contributed by atoms with van der Waals surface area (Å²) in [5.41, 5.74) is 15.7. The van der Waals surface area contributed by atoms with Crippen molar-refractivity contribution in [1.29, 1.82) is 0 Å². The average Bonchev–Trinajstić information content (AvgIpc) is 2.84. The summed E-state index contributed by atoms with van der Waals surface area (Å²) in [7, 11) is 0. The van der Waals surface area contributed by atoms with Crippen molar-refractivity contribution in [3.63, 3.8) is 0 Å². The third-order valence-corrected chi connectivity index (χ3v) is 6.36. The quantitative estimate of drug-likeness (QED) is 0.266. The number of ether oxygens (including phenoxy) is 2. The third-order valence-electron chi connectivity index (χ3n) is 5.35. The number of rotatable bonds is 8. The Morgan fingerprint density at radius 3 is 1.27 bits per heavy atom. The van der Waals surface area contributed by atoms with Crippen LogP contribution in [0.1, 0.15) is 25.0 Å². The fraction of sp³-hybridized carbons (Fsp3) is 0.143. The Hall–Kier alpha value is -3.57. The van der Waals surface area contributed by atoms with E-state index in [1.807, 2.05) is 60.7 Å². The molecule has 0 saturated carbocycles. The van der Waals surface area contributed by atoms with Gasteiger partial charge in [-0.25, -0.2) is 0 Å². The molecule has 5 heteroatoms. The second-order valence-corrected chi connectivity index (χ2v) is 8.82. The topological polar surface area (TPSA) is 70.5 Å². The van der Waals surface area contributed by atoms with Crippen LogP contribution < -0.4 is 20.9 Å². The Morgan fingerprint density at radius 1 is 0.545 bits per heavy atom. The number of benzene rings is 4. The van der Waals surface area contributed by atoms with Gasteiger partial charge >= 0.3 is 0 Å². The van der Waals surface area contributed by atoms with Gasteiger partial charge in [-0.2, -0.15) is 0 Å². The van der Waals surface area contributed by atoms with Crippen LogP contribution in [0.4, 0.5) is 11.4 Å². The van der Waals surface area contributed by atoms with Crippen LogP contribution in [0.2, 0.25) is 0 Å². The molecular formula is C28H28N2O2S. The van der Waals surface area contributed by atoms with Gasteiger partial charge in [-0.05, 0) is 109 Å². The van der Waals surface area contributed by atoms with E-state index in [0.29, 0.717) is 0 Å². The summed E-state index contributed by atoms with van der Waals surface area (Å²) in [6, 6.07) is 27.7. The second-order valence-electron chi connectivity index (χ2n) is 7.68. The molecular weight excluding hydrogens is 428 g/mol. The first kappa shape index (κ1) is 22.6. The molecule has 0 aliphatic carbocycles. The lowest BCUT2D eigenvalue weighted by atomic mass is 10.1. The highest BCUT2D eigenvalue weighted by atomic mass is 32.2. The van der Waals surface area contributed by atoms with Gasteiger partial charge in [0.1, 0.15) is 23.0 Å². The highest BCUT2D eigenvalue weighted by molar-refractivity contribution is 7.99. The SMILES string of the molecule is CCc1cc(Oc2ccc(Sc3ccc(Oc4ccc(N)c(CC)c4)cc3)cc2)ccc1N. The lowest BCUT2D eigenvalue weighted by Crippen LogP contribution is -1.93. The minimum atomic E-state index is 0.796. The second kappa shape index (κ2) is 10.4. The van der Waals surface area contributed by atoms with Crippen LogP contribution in [0.3, 0.4) is 0 Å². The fourth-order valence-corrected chi connectivity index (χ4v) is 4.28. The molecule has 0 saturated heterocycles. The molecule has 33 heavy (non-hydrogen) atoms. The molecule has 0 bridgehead atoms. The predicted molar refractivity (Wildman–Crippen MR) is 138 cm³/mol. The van der Waals surface area contributed by atoms with Crippen LogP contribution in [0, 0.1) is 0 Å². The van der Waals surface area contributed by atoms with Gasteiger partial charge in [0.25, 0.3) is 0 Å². The number of anilines is 2. The number of nitrogens with two attached hydrogens (primary N) is 2. The highest BCUT2D eigenvalue weighted by Crippen LogP contribution is 2.33. The number of aryl methyl sites for hydroxylation is 2. The molecule has 4 aromatic rings. The maximum Gasteiger partial charge on any atom is 0.127 e. The Kier molecular flexibility index (Phi) is 7.10. The van der Waals surface area contributed by atoms with Crippen molar-refractivity contribution in [3.8, 4) is 23.0 Å². The van der Waals surface area contributed by atoms with Gasteiger partial charge in [0.15, 0.2) is 0 Å². The third kappa shape index (κ3) is 5.82. The summed E-state index contributed by atoms with van der Waals surface area (Å²) >= 11 is 1.69. The van der Waals surface area contributed by atoms with E-state index in [-0.39, 0.29) is 0 Å². The van der Waals surface area contributed by atoms with Crippen molar-refractivity contribution >= 4 is 23.1 Å². The van der Waals surface area contributed by atoms with Crippen molar-refractivity contribution in [2.45, 2.75) is 36.5 Å². The van der Waals surface area contributed by atoms with Gasteiger partial charge in [0.2, 0.25) is 0 Å². The molecule has 0 unspecified atom stereocenters. The van der Waals surface area contributed by atoms with Crippen LogP contribution in [-0.2, 0) is 12.8 Å². The maximum atomic E-state index is 5.99. The van der Waals surface area contributed by atoms with E-state index in [1.54, 1.807) is 11.8 Å². The first-order chi connectivity index (χ1) is 16.0. The molecule has 4 rings (SSSR count). The van der Waals surface area contributed by atoms with Crippen LogP contribution >= 0.6 is 11.8 Å². The van der Waals surface area contributed by atoms with Crippen molar-refractivity contribution < 1.29 is 9.47 Å². The van der Waals surface area contributed by atoms with Gasteiger partial charge in [-0.15, -0.1) is 0 Å². The zero-order valence-electron chi connectivity index (χ0n) is 18.9. The Morgan fingerprint density at radius 2 is 0.909 bits per heavy atom. The van der Waals surface area contributed by atoms with E-state index in [9.17, 15) is 0 Å². The molecule has 4 nitrogen and oxygen atoms in total. The predicted octanol–water partition coefficient (Wildman–Crippen LogP) is 7.71. The Labute approximate surface area is 199 Å². The molecule has 4 N–H and O–H groups in total. The number of hydrogen-bond donors (Lipinski definition) is 2. The van der Waals surface area contributed by atoms with Gasteiger partial charge in [-0.1, -0.05) is 25.6 Å². The Bertz CT molecular complexity index is 1120. The maximum absolute atomic E-state index is 5.99. The van der Waals surface area contributed by atoms with Gasteiger partial charge in [-0.3, -0.25) is 0 Å². The summed E-state index contributed by atoms with van der Waals surface area (Å²) < 4.78 is 12.0. The van der Waals surface area contributed by atoms with Crippen LogP contribution in [-0.4, -0.2) is 0 Å². The molecule has 4 aromatic carbocycles. The normalized spacial score (nSPS) is 10.7. The molecule has 0 spiro atoms. The van der Waals surface area contributed by atoms with Crippen molar-refractivity contribution in [2.75, 3.05) is 11.5 Å². The molecule has 0 amide bonds. The van der Waals surface area contributed by atoms with Crippen molar-refractivity contribution in [3.05, 3.63) is 96.1 Å². The molecule has 0 aromatic heterocycles. The number of hydrogen-bond acceptors (Lipinski definition) is 5. The van der Waals surface area contributed by atoms with E-state index in [4.69, 9.17) is 20.9 Å². The summed E-state index contributed by atoms with van der Waals surface area (Å²) in [6.45, 7) is 4.17. The molecule has 0 aliphatic heterocycles. The lowest BCUT2D eigenvalue weighted by molar-refractivity contribution is 0.481. The molecule has 0 radical (unpaired) electrons. The average molecular weight is 457 g/mol. The van der Waals surface area contributed by atoms with Crippen molar-refractivity contribution in [1.82, 2.24) is 0 Å². The zero-order chi connectivity index (χ0) is 23.2. The molecule has 0 aliphatic rings. The van der Waals surface area contributed by atoms with Crippen LogP contribution in [0.5, 0.6) is 23.0 Å². The van der Waals surface area contributed by atoms with Gasteiger partial charge in [0, 0.05) is 21.2 Å². The molecule has 0 heterocycles. The minimum Gasteiger partial charge on any atom is -0.457 e. The Balaban J connectivity index is 1.37. The van der Waals surface area contributed by atoms with E-state index in [2.05, 4.69) is 38.1 Å².